The van der Waals surface area contributed by atoms with Gasteiger partial charge in [0.1, 0.15) is 5.78 Å². The van der Waals surface area contributed by atoms with Gasteiger partial charge in [-0.1, -0.05) is 6.92 Å². The van der Waals surface area contributed by atoms with Gasteiger partial charge >= 0.3 is 0 Å². The maximum Gasteiger partial charge on any atom is 0.133 e. The van der Waals surface area contributed by atoms with E-state index in [-0.39, 0.29) is 0 Å². The minimum atomic E-state index is -0.409. The Morgan fingerprint density at radius 3 is 2.45 bits per heavy atom. The van der Waals surface area contributed by atoms with E-state index in [2.05, 4.69) is 6.92 Å². The highest BCUT2D eigenvalue weighted by atomic mass is 16.3. The Kier molecular flexibility index (Phi) is 3.32. The molecule has 0 aromatic rings. The van der Waals surface area contributed by atoms with Gasteiger partial charge in [0.25, 0.3) is 0 Å². The number of fused-ring (bicyclic) bond motifs is 5. The molecule has 8 atom stereocenters. The van der Waals surface area contributed by atoms with Crippen LogP contribution in [0.5, 0.6) is 0 Å². The summed E-state index contributed by atoms with van der Waals surface area (Å²) in [6, 6.07) is 0. The van der Waals surface area contributed by atoms with Crippen molar-refractivity contribution in [3.8, 4) is 0 Å². The van der Waals surface area contributed by atoms with Crippen LogP contribution in [-0.2, 0) is 4.79 Å². The number of rotatable bonds is 1. The lowest BCUT2D eigenvalue weighted by Crippen LogP contribution is -2.59. The second kappa shape index (κ2) is 4.82. The van der Waals surface area contributed by atoms with Gasteiger partial charge in [0, 0.05) is 5.92 Å². The fourth-order valence-corrected chi connectivity index (χ4v) is 7.30. The molecule has 0 aromatic carbocycles. The molecule has 0 unspecified atom stereocenters. The third-order valence-electron chi connectivity index (χ3n) is 8.45. The van der Waals surface area contributed by atoms with Gasteiger partial charge in [0.15, 0.2) is 0 Å². The maximum absolute atomic E-state index is 11.9. The standard InChI is InChI=1S/C20H32O2/c1-12(21)17-10-18-16-5-4-13-11-19(2,22)8-6-14(13)15(16)7-9-20(17,18)3/h13-18,22H,4-11H2,1-3H3/t13-,14+,15-,16-,17-,18+,19-,20-/m1/s1. The molecule has 4 saturated carbocycles. The van der Waals surface area contributed by atoms with Gasteiger partial charge in [0.2, 0.25) is 0 Å². The van der Waals surface area contributed by atoms with E-state index in [1.807, 2.05) is 6.92 Å². The van der Waals surface area contributed by atoms with Gasteiger partial charge in [-0.3, -0.25) is 4.79 Å². The van der Waals surface area contributed by atoms with E-state index in [0.717, 1.165) is 42.4 Å². The highest BCUT2D eigenvalue weighted by Gasteiger charge is 2.61. The summed E-state index contributed by atoms with van der Waals surface area (Å²) in [5.74, 6) is 4.98. The number of aliphatic hydroxyl groups is 1. The first-order valence-electron chi connectivity index (χ1n) is 9.55. The maximum atomic E-state index is 11.9. The number of ketones is 1. The molecule has 0 heterocycles. The molecule has 0 spiro atoms. The molecule has 22 heavy (non-hydrogen) atoms. The highest BCUT2D eigenvalue weighted by Crippen LogP contribution is 2.67. The van der Waals surface area contributed by atoms with Crippen LogP contribution in [0.2, 0.25) is 0 Å². The number of hydrogen-bond donors (Lipinski definition) is 1. The van der Waals surface area contributed by atoms with Crippen molar-refractivity contribution in [2.24, 2.45) is 40.9 Å². The molecule has 1 N–H and O–H groups in total. The van der Waals surface area contributed by atoms with Crippen LogP contribution in [-0.4, -0.2) is 16.5 Å². The van der Waals surface area contributed by atoms with Crippen molar-refractivity contribution in [3.63, 3.8) is 0 Å². The fraction of sp³-hybridized carbons (Fsp3) is 0.950. The Morgan fingerprint density at radius 2 is 1.73 bits per heavy atom. The van der Waals surface area contributed by atoms with Crippen LogP contribution in [0.3, 0.4) is 0 Å². The van der Waals surface area contributed by atoms with E-state index in [1.54, 1.807) is 6.92 Å². The molecule has 0 bridgehead atoms. The van der Waals surface area contributed by atoms with Crippen molar-refractivity contribution in [3.05, 3.63) is 0 Å². The first-order chi connectivity index (χ1) is 10.3. The van der Waals surface area contributed by atoms with Gasteiger partial charge in [0.05, 0.1) is 5.60 Å². The summed E-state index contributed by atoms with van der Waals surface area (Å²) < 4.78 is 0. The SMILES string of the molecule is CC(=O)[C@H]1C[C@H]2[C@@H]3CC[C@@H]4C[C@](C)(O)CC[C@@H]4[C@H]3CC[C@]12C. The van der Waals surface area contributed by atoms with E-state index >= 15 is 0 Å². The molecule has 2 nitrogen and oxygen atoms in total. The molecule has 4 rings (SSSR count). The molecule has 0 aromatic heterocycles. The fourth-order valence-electron chi connectivity index (χ4n) is 7.30. The summed E-state index contributed by atoms with van der Waals surface area (Å²) in [5.41, 5.74) is -0.0899. The van der Waals surface area contributed by atoms with E-state index in [0.29, 0.717) is 17.1 Å². The van der Waals surface area contributed by atoms with E-state index in [1.165, 1.54) is 38.5 Å². The zero-order valence-electron chi connectivity index (χ0n) is 14.5. The van der Waals surface area contributed by atoms with Crippen LogP contribution in [0.25, 0.3) is 0 Å². The lowest BCUT2D eigenvalue weighted by Gasteiger charge is -2.65. The second-order valence-electron chi connectivity index (χ2n) is 9.62. The largest absolute Gasteiger partial charge is 0.390 e. The van der Waals surface area contributed by atoms with Crippen molar-refractivity contribution in [1.29, 1.82) is 0 Å². The molecule has 124 valence electrons. The summed E-state index contributed by atoms with van der Waals surface area (Å²) in [5, 5.41) is 10.4. The third-order valence-corrected chi connectivity index (χ3v) is 8.45. The molecule has 2 heteroatoms. The van der Waals surface area contributed by atoms with Gasteiger partial charge < -0.3 is 5.11 Å². The van der Waals surface area contributed by atoms with Crippen LogP contribution >= 0.6 is 0 Å². The normalized spacial score (nSPS) is 57.1. The molecule has 0 aliphatic heterocycles. The van der Waals surface area contributed by atoms with Crippen molar-refractivity contribution in [2.75, 3.05) is 0 Å². The molecule has 0 saturated heterocycles. The van der Waals surface area contributed by atoms with E-state index in [4.69, 9.17) is 0 Å². The lowest BCUT2D eigenvalue weighted by atomic mass is 9.40. The van der Waals surface area contributed by atoms with E-state index in [9.17, 15) is 9.90 Å². The number of carbonyl (C=O) groups excluding carboxylic acids is 1. The number of carbonyl (C=O) groups is 1. The average Bonchev–Trinajstić information content (AvgIpc) is 2.41. The monoisotopic (exact) mass is 304 g/mol. The number of Topliss-reactive ketones (excluding diaryl/α,β-unsaturated/α-hetero) is 1. The van der Waals surface area contributed by atoms with Crippen molar-refractivity contribution in [1.82, 2.24) is 0 Å². The Balaban J connectivity index is 1.52. The van der Waals surface area contributed by atoms with Crippen LogP contribution in [0, 0.1) is 40.9 Å². The summed E-state index contributed by atoms with van der Waals surface area (Å²) in [4.78, 5) is 11.9. The Labute approximate surface area is 135 Å². The first kappa shape index (κ1) is 15.2. The number of hydrogen-bond acceptors (Lipinski definition) is 2. The zero-order valence-corrected chi connectivity index (χ0v) is 14.5. The Morgan fingerprint density at radius 1 is 1.00 bits per heavy atom. The van der Waals surface area contributed by atoms with Gasteiger partial charge in [-0.05, 0) is 100 Å². The Hall–Kier alpha value is -0.370. The van der Waals surface area contributed by atoms with Gasteiger partial charge in [-0.2, -0.15) is 0 Å². The molecule has 4 aliphatic carbocycles. The summed E-state index contributed by atoms with van der Waals surface area (Å²) in [6.07, 6.45) is 9.70. The van der Waals surface area contributed by atoms with Gasteiger partial charge in [-0.25, -0.2) is 0 Å². The first-order valence-corrected chi connectivity index (χ1v) is 9.55. The van der Waals surface area contributed by atoms with Gasteiger partial charge in [-0.15, -0.1) is 0 Å². The molecular weight excluding hydrogens is 272 g/mol. The molecule has 4 fully saturated rings. The van der Waals surface area contributed by atoms with E-state index < -0.39 is 5.60 Å². The van der Waals surface area contributed by atoms with Crippen molar-refractivity contribution < 1.29 is 9.90 Å². The molecule has 0 radical (unpaired) electrons. The summed E-state index contributed by atoms with van der Waals surface area (Å²) >= 11 is 0. The predicted molar refractivity (Wildman–Crippen MR) is 87.3 cm³/mol. The van der Waals surface area contributed by atoms with Crippen molar-refractivity contribution in [2.45, 2.75) is 77.7 Å². The zero-order chi connectivity index (χ0) is 15.7. The van der Waals surface area contributed by atoms with Crippen LogP contribution in [0.4, 0.5) is 0 Å². The van der Waals surface area contributed by atoms with Crippen LogP contribution < -0.4 is 0 Å². The summed E-state index contributed by atoms with van der Waals surface area (Å²) in [7, 11) is 0. The minimum Gasteiger partial charge on any atom is -0.390 e. The average molecular weight is 304 g/mol. The smallest absolute Gasteiger partial charge is 0.133 e. The van der Waals surface area contributed by atoms with Crippen LogP contribution in [0.1, 0.15) is 72.1 Å². The Bertz CT molecular complexity index is 482. The van der Waals surface area contributed by atoms with Crippen LogP contribution in [0.15, 0.2) is 0 Å². The highest BCUT2D eigenvalue weighted by molar-refractivity contribution is 5.80. The molecular formula is C20H32O2. The topological polar surface area (TPSA) is 37.3 Å². The third kappa shape index (κ3) is 2.05. The second-order valence-corrected chi connectivity index (χ2v) is 9.62. The molecule has 0 amide bonds. The minimum absolute atomic E-state index is 0.319. The van der Waals surface area contributed by atoms with Crippen molar-refractivity contribution >= 4 is 5.78 Å². The molecule has 4 aliphatic rings. The quantitative estimate of drug-likeness (QED) is 0.788. The predicted octanol–water partition coefficient (Wildman–Crippen LogP) is 4.21. The lowest BCUT2D eigenvalue weighted by molar-refractivity contribution is -0.175. The summed E-state index contributed by atoms with van der Waals surface area (Å²) in [6.45, 7) is 6.25.